The van der Waals surface area contributed by atoms with Crippen molar-refractivity contribution in [3.8, 4) is 22.8 Å². The van der Waals surface area contributed by atoms with E-state index in [-0.39, 0.29) is 5.95 Å². The minimum atomic E-state index is -4.44. The largest absolute Gasteiger partial charge is 0.493 e. The normalized spacial score (nSPS) is 15.8. The Hall–Kier alpha value is -3.83. The Labute approximate surface area is 185 Å². The zero-order valence-corrected chi connectivity index (χ0v) is 17.3. The van der Waals surface area contributed by atoms with Crippen molar-refractivity contribution in [1.82, 2.24) is 29.4 Å². The first-order valence-corrected chi connectivity index (χ1v) is 10.3. The van der Waals surface area contributed by atoms with E-state index in [4.69, 9.17) is 9.84 Å². The summed E-state index contributed by atoms with van der Waals surface area (Å²) in [4.78, 5) is 16.5. The van der Waals surface area contributed by atoms with E-state index in [1.165, 1.54) is 9.58 Å². The number of rotatable bonds is 3. The van der Waals surface area contributed by atoms with Gasteiger partial charge in [-0.15, -0.1) is 0 Å². The molecule has 0 saturated heterocycles. The van der Waals surface area contributed by atoms with Crippen LogP contribution in [0.4, 0.5) is 18.0 Å². The molecule has 1 aromatic carbocycles. The fourth-order valence-electron chi connectivity index (χ4n) is 4.07. The molecule has 0 aliphatic carbocycles. The van der Waals surface area contributed by atoms with Crippen LogP contribution in [0.2, 0.25) is 0 Å². The summed E-state index contributed by atoms with van der Waals surface area (Å²) in [6.07, 6.45) is 0.280. The number of carboxylic acid groups (broad SMARTS) is 1. The number of amides is 1. The van der Waals surface area contributed by atoms with Crippen molar-refractivity contribution in [3.05, 3.63) is 48.1 Å². The van der Waals surface area contributed by atoms with E-state index in [9.17, 15) is 18.0 Å². The Balaban J connectivity index is 1.51. The summed E-state index contributed by atoms with van der Waals surface area (Å²) < 4.78 is 46.7. The van der Waals surface area contributed by atoms with Gasteiger partial charge in [-0.2, -0.15) is 28.4 Å². The first kappa shape index (κ1) is 21.0. The van der Waals surface area contributed by atoms with Crippen LogP contribution in [0.5, 0.6) is 5.75 Å². The number of alkyl halides is 3. The molecule has 33 heavy (non-hydrogen) atoms. The summed E-state index contributed by atoms with van der Waals surface area (Å²) in [5.74, 6) is 0.625. The number of ether oxygens (including phenoxy) is 1. The number of hydrogen-bond acceptors (Lipinski definition) is 5. The Bertz CT molecular complexity index is 1250. The third kappa shape index (κ3) is 4.15. The predicted molar refractivity (Wildman–Crippen MR) is 110 cm³/mol. The molecule has 9 nitrogen and oxygen atoms in total. The topological polar surface area (TPSA) is 98.3 Å². The SMILES string of the molecule is O=C(O)N1CC=C(c2ccc3c(c2)-c2cn(-c4ncnn4CC(F)(F)F)nc2CCO3)CC1. The molecule has 172 valence electrons. The molecule has 1 N–H and O–H groups in total. The fraction of sp³-hybridized carbons (Fsp3) is 0.333. The third-order valence-electron chi connectivity index (χ3n) is 5.64. The van der Waals surface area contributed by atoms with Crippen molar-refractivity contribution < 1.29 is 27.8 Å². The summed E-state index contributed by atoms with van der Waals surface area (Å²) in [7, 11) is 0. The molecule has 5 rings (SSSR count). The first-order valence-electron chi connectivity index (χ1n) is 10.3. The van der Waals surface area contributed by atoms with Gasteiger partial charge >= 0.3 is 12.3 Å². The molecule has 2 aromatic heterocycles. The smallest absolute Gasteiger partial charge is 0.408 e. The van der Waals surface area contributed by atoms with Gasteiger partial charge in [-0.3, -0.25) is 0 Å². The van der Waals surface area contributed by atoms with Crippen LogP contribution in [0.3, 0.4) is 0 Å². The second-order valence-corrected chi connectivity index (χ2v) is 7.78. The van der Waals surface area contributed by atoms with E-state index in [2.05, 4.69) is 15.2 Å². The molecule has 0 atom stereocenters. The molecule has 3 aromatic rings. The van der Waals surface area contributed by atoms with Crippen LogP contribution in [0.1, 0.15) is 17.7 Å². The minimum Gasteiger partial charge on any atom is -0.493 e. The highest BCUT2D eigenvalue weighted by molar-refractivity contribution is 5.79. The van der Waals surface area contributed by atoms with Crippen LogP contribution in [0, 0.1) is 0 Å². The highest BCUT2D eigenvalue weighted by Gasteiger charge is 2.31. The molecule has 0 saturated carbocycles. The average Bonchev–Trinajstić information content (AvgIpc) is 3.36. The number of halogens is 3. The second kappa shape index (κ2) is 7.94. The van der Waals surface area contributed by atoms with Gasteiger partial charge in [0.15, 0.2) is 0 Å². The molecule has 2 aliphatic rings. The van der Waals surface area contributed by atoms with Crippen molar-refractivity contribution in [2.24, 2.45) is 0 Å². The first-order chi connectivity index (χ1) is 15.8. The molecule has 2 aliphatic heterocycles. The van der Waals surface area contributed by atoms with Crippen molar-refractivity contribution >= 4 is 11.7 Å². The van der Waals surface area contributed by atoms with E-state index in [0.717, 1.165) is 33.3 Å². The number of aromatic nitrogens is 5. The monoisotopic (exact) mass is 460 g/mol. The van der Waals surface area contributed by atoms with Crippen LogP contribution in [-0.4, -0.2) is 66.5 Å². The molecular weight excluding hydrogens is 441 g/mol. The summed E-state index contributed by atoms with van der Waals surface area (Å²) in [6, 6.07) is 5.73. The highest BCUT2D eigenvalue weighted by atomic mass is 19.4. The molecular formula is C21H19F3N6O3. The van der Waals surface area contributed by atoms with Gasteiger partial charge in [0.25, 0.3) is 0 Å². The Morgan fingerprint density at radius 3 is 2.79 bits per heavy atom. The van der Waals surface area contributed by atoms with Crippen molar-refractivity contribution in [2.75, 3.05) is 19.7 Å². The summed E-state index contributed by atoms with van der Waals surface area (Å²) in [5, 5.41) is 17.3. The standard InChI is InChI=1S/C21H19F3N6O3/c22-21(23,24)11-30-19(25-12-26-30)29-10-16-15-9-14(13-3-6-28(7-4-13)20(31)32)1-2-18(15)33-8-5-17(16)27-29/h1-3,9-10,12H,4-8,11H2,(H,31,32). The number of benzene rings is 1. The Morgan fingerprint density at radius 2 is 2.06 bits per heavy atom. The molecule has 4 heterocycles. The van der Waals surface area contributed by atoms with Gasteiger partial charge in [0, 0.05) is 36.8 Å². The van der Waals surface area contributed by atoms with E-state index in [0.29, 0.717) is 44.0 Å². The van der Waals surface area contributed by atoms with Gasteiger partial charge in [0.05, 0.1) is 12.3 Å². The second-order valence-electron chi connectivity index (χ2n) is 7.78. The third-order valence-corrected chi connectivity index (χ3v) is 5.64. The van der Waals surface area contributed by atoms with Crippen LogP contribution < -0.4 is 4.74 Å². The van der Waals surface area contributed by atoms with E-state index in [1.807, 2.05) is 24.3 Å². The molecule has 1 amide bonds. The summed E-state index contributed by atoms with van der Waals surface area (Å²) >= 11 is 0. The quantitative estimate of drug-likeness (QED) is 0.644. The lowest BCUT2D eigenvalue weighted by Gasteiger charge is -2.24. The molecule has 0 spiro atoms. The van der Waals surface area contributed by atoms with Gasteiger partial charge < -0.3 is 14.7 Å². The molecule has 0 unspecified atom stereocenters. The van der Waals surface area contributed by atoms with Gasteiger partial charge in [-0.05, 0) is 29.7 Å². The van der Waals surface area contributed by atoms with Crippen LogP contribution in [0.25, 0.3) is 22.6 Å². The predicted octanol–water partition coefficient (Wildman–Crippen LogP) is 3.40. The zero-order valence-electron chi connectivity index (χ0n) is 17.3. The number of hydrogen-bond donors (Lipinski definition) is 1. The Morgan fingerprint density at radius 1 is 1.21 bits per heavy atom. The summed E-state index contributed by atoms with van der Waals surface area (Å²) in [6.45, 7) is -0.164. The van der Waals surface area contributed by atoms with Gasteiger partial charge in [0.1, 0.15) is 18.6 Å². The minimum absolute atomic E-state index is 0.0252. The maximum absolute atomic E-state index is 12.9. The molecule has 0 fully saturated rings. The fourth-order valence-corrected chi connectivity index (χ4v) is 4.07. The maximum atomic E-state index is 12.9. The van der Waals surface area contributed by atoms with E-state index < -0.39 is 18.8 Å². The average molecular weight is 460 g/mol. The zero-order chi connectivity index (χ0) is 23.2. The van der Waals surface area contributed by atoms with Crippen molar-refractivity contribution in [2.45, 2.75) is 25.6 Å². The number of fused-ring (bicyclic) bond motifs is 3. The van der Waals surface area contributed by atoms with Gasteiger partial charge in [0.2, 0.25) is 5.95 Å². The molecule has 12 heteroatoms. The van der Waals surface area contributed by atoms with E-state index in [1.54, 1.807) is 6.20 Å². The van der Waals surface area contributed by atoms with Crippen LogP contribution in [0.15, 0.2) is 36.8 Å². The molecule has 0 bridgehead atoms. The number of carbonyl (C=O) groups is 1. The van der Waals surface area contributed by atoms with Crippen molar-refractivity contribution in [3.63, 3.8) is 0 Å². The van der Waals surface area contributed by atoms with E-state index >= 15 is 0 Å². The summed E-state index contributed by atoms with van der Waals surface area (Å²) in [5.41, 5.74) is 4.16. The Kier molecular flexibility index (Phi) is 5.06. The maximum Gasteiger partial charge on any atom is 0.408 e. The van der Waals surface area contributed by atoms with Crippen LogP contribution in [-0.2, 0) is 13.0 Å². The lowest BCUT2D eigenvalue weighted by atomic mass is 9.95. The lowest BCUT2D eigenvalue weighted by Crippen LogP contribution is -2.33. The number of nitrogens with zero attached hydrogens (tertiary/aromatic N) is 6. The molecule has 0 radical (unpaired) electrons. The highest BCUT2D eigenvalue weighted by Crippen LogP contribution is 2.38. The lowest BCUT2D eigenvalue weighted by molar-refractivity contribution is -0.142. The van der Waals surface area contributed by atoms with Crippen LogP contribution >= 0.6 is 0 Å². The van der Waals surface area contributed by atoms with Crippen molar-refractivity contribution in [1.29, 1.82) is 0 Å². The van der Waals surface area contributed by atoms with Gasteiger partial charge in [-0.25, -0.2) is 14.2 Å². The van der Waals surface area contributed by atoms with Gasteiger partial charge in [-0.1, -0.05) is 12.1 Å².